The van der Waals surface area contributed by atoms with Crippen LogP contribution in [0, 0.1) is 5.92 Å². The molecule has 1 aliphatic heterocycles. The highest BCUT2D eigenvalue weighted by Crippen LogP contribution is 2.32. The van der Waals surface area contributed by atoms with Gasteiger partial charge in [-0.25, -0.2) is 9.50 Å². The summed E-state index contributed by atoms with van der Waals surface area (Å²) in [5.41, 5.74) is 0.173. The standard InChI is InChI=1S/C21H25F3N6OS/c1-28(2)18(31)13-29-8-6-14(7-9-29)11-25-19-27-30-12-17(26-20(30)32-19)15-4-3-5-16(10-15)21(22,23)24/h3-5,10,12,14H,6-9,11,13H2,1-2H3,(H,25,27). The van der Waals surface area contributed by atoms with Crippen molar-refractivity contribution < 1.29 is 18.0 Å². The molecule has 3 heterocycles. The van der Waals surface area contributed by atoms with E-state index in [4.69, 9.17) is 0 Å². The second-order valence-electron chi connectivity index (χ2n) is 8.23. The van der Waals surface area contributed by atoms with Crippen molar-refractivity contribution in [1.29, 1.82) is 0 Å². The Morgan fingerprint density at radius 3 is 2.69 bits per heavy atom. The summed E-state index contributed by atoms with van der Waals surface area (Å²) in [7, 11) is 3.54. The fourth-order valence-electron chi connectivity index (χ4n) is 3.68. The van der Waals surface area contributed by atoms with Gasteiger partial charge in [0.2, 0.25) is 16.0 Å². The van der Waals surface area contributed by atoms with E-state index in [9.17, 15) is 18.0 Å². The van der Waals surface area contributed by atoms with Gasteiger partial charge in [-0.2, -0.15) is 13.2 Å². The van der Waals surface area contributed by atoms with Crippen molar-refractivity contribution in [3.05, 3.63) is 36.0 Å². The zero-order valence-electron chi connectivity index (χ0n) is 17.9. The smallest absolute Gasteiger partial charge is 0.360 e. The molecule has 0 saturated carbocycles. The Hall–Kier alpha value is -2.66. The van der Waals surface area contributed by atoms with Gasteiger partial charge < -0.3 is 10.2 Å². The number of hydrogen-bond donors (Lipinski definition) is 1. The number of imidazole rings is 1. The Bertz CT molecular complexity index is 1050. The summed E-state index contributed by atoms with van der Waals surface area (Å²) >= 11 is 1.37. The molecule has 0 unspecified atom stereocenters. The number of aromatic nitrogens is 3. The van der Waals surface area contributed by atoms with Crippen molar-refractivity contribution in [2.24, 2.45) is 5.92 Å². The summed E-state index contributed by atoms with van der Waals surface area (Å²) in [5.74, 6) is 0.620. The summed E-state index contributed by atoms with van der Waals surface area (Å²) < 4.78 is 40.5. The van der Waals surface area contributed by atoms with Crippen LogP contribution >= 0.6 is 11.3 Å². The average Bonchev–Trinajstić information content (AvgIpc) is 3.31. The number of halogens is 3. The molecule has 7 nitrogen and oxygen atoms in total. The lowest BCUT2D eigenvalue weighted by Gasteiger charge is -2.32. The summed E-state index contributed by atoms with van der Waals surface area (Å²) in [6, 6.07) is 5.14. The van der Waals surface area contributed by atoms with Gasteiger partial charge >= 0.3 is 6.18 Å². The molecular formula is C21H25F3N6OS. The zero-order chi connectivity index (χ0) is 22.9. The third-order valence-electron chi connectivity index (χ3n) is 5.64. The molecule has 1 fully saturated rings. The van der Waals surface area contributed by atoms with Crippen molar-refractivity contribution in [3.63, 3.8) is 0 Å². The van der Waals surface area contributed by atoms with Crippen molar-refractivity contribution in [2.75, 3.05) is 45.6 Å². The van der Waals surface area contributed by atoms with Gasteiger partial charge in [0.25, 0.3) is 0 Å². The zero-order valence-corrected chi connectivity index (χ0v) is 18.7. The van der Waals surface area contributed by atoms with E-state index in [1.54, 1.807) is 35.8 Å². The van der Waals surface area contributed by atoms with Crippen LogP contribution in [0.2, 0.25) is 0 Å². The van der Waals surface area contributed by atoms with Gasteiger partial charge in [0.05, 0.1) is 24.0 Å². The topological polar surface area (TPSA) is 65.8 Å². The molecule has 1 N–H and O–H groups in total. The number of carbonyl (C=O) groups is 1. The highest BCUT2D eigenvalue weighted by Gasteiger charge is 2.30. The molecule has 0 atom stereocenters. The number of anilines is 1. The first-order valence-corrected chi connectivity index (χ1v) is 11.2. The largest absolute Gasteiger partial charge is 0.416 e. The first kappa shape index (κ1) is 22.5. The van der Waals surface area contributed by atoms with E-state index in [1.165, 1.54) is 17.4 Å². The quantitative estimate of drug-likeness (QED) is 0.600. The number of nitrogens with one attached hydrogen (secondary N) is 1. The Balaban J connectivity index is 1.33. The van der Waals surface area contributed by atoms with E-state index in [-0.39, 0.29) is 5.91 Å². The Labute approximate surface area is 187 Å². The van der Waals surface area contributed by atoms with Crippen LogP contribution in [-0.2, 0) is 11.0 Å². The molecule has 4 rings (SSSR count). The normalized spacial score (nSPS) is 15.9. The molecule has 0 bridgehead atoms. The van der Waals surface area contributed by atoms with Crippen LogP contribution in [0.3, 0.4) is 0 Å². The molecule has 0 radical (unpaired) electrons. The number of likely N-dealkylation sites (tertiary alicyclic amines) is 1. The van der Waals surface area contributed by atoms with Crippen molar-refractivity contribution in [2.45, 2.75) is 19.0 Å². The predicted molar refractivity (Wildman–Crippen MR) is 118 cm³/mol. The lowest BCUT2D eigenvalue weighted by molar-refractivity contribution is -0.137. The van der Waals surface area contributed by atoms with Gasteiger partial charge in [0.1, 0.15) is 0 Å². The van der Waals surface area contributed by atoms with E-state index < -0.39 is 11.7 Å². The van der Waals surface area contributed by atoms with Crippen molar-refractivity contribution in [1.82, 2.24) is 24.4 Å². The van der Waals surface area contributed by atoms with E-state index in [0.29, 0.717) is 28.7 Å². The monoisotopic (exact) mass is 466 g/mol. The minimum Gasteiger partial charge on any atom is -0.360 e. The highest BCUT2D eigenvalue weighted by molar-refractivity contribution is 7.20. The van der Waals surface area contributed by atoms with Crippen LogP contribution in [-0.4, -0.2) is 70.6 Å². The van der Waals surface area contributed by atoms with E-state index in [0.717, 1.165) is 49.7 Å². The summed E-state index contributed by atoms with van der Waals surface area (Å²) in [6.07, 6.45) is -0.723. The van der Waals surface area contributed by atoms with Crippen LogP contribution in [0.4, 0.5) is 18.3 Å². The number of carbonyl (C=O) groups excluding carboxylic acids is 1. The number of hydrogen-bond acceptors (Lipinski definition) is 6. The SMILES string of the molecule is CN(C)C(=O)CN1CCC(CNc2nn3cc(-c4cccc(C(F)(F)F)c4)nc3s2)CC1. The number of alkyl halides is 3. The third kappa shape index (κ3) is 5.21. The van der Waals surface area contributed by atoms with Crippen LogP contribution < -0.4 is 5.32 Å². The summed E-state index contributed by atoms with van der Waals surface area (Å²) in [5, 5.41) is 8.55. The molecule has 1 aromatic carbocycles. The van der Waals surface area contributed by atoms with Gasteiger partial charge in [0.15, 0.2) is 0 Å². The number of piperidine rings is 1. The molecule has 11 heteroatoms. The molecule has 3 aromatic rings. The molecule has 2 aromatic heterocycles. The van der Waals surface area contributed by atoms with Crippen LogP contribution in [0.15, 0.2) is 30.5 Å². The molecule has 1 aliphatic rings. The molecule has 0 spiro atoms. The number of amides is 1. The number of likely N-dealkylation sites (N-methyl/N-ethyl adjacent to an activating group) is 1. The lowest BCUT2D eigenvalue weighted by atomic mass is 9.97. The van der Waals surface area contributed by atoms with E-state index in [2.05, 4.69) is 20.3 Å². The summed E-state index contributed by atoms with van der Waals surface area (Å²) in [6.45, 7) is 3.04. The first-order chi connectivity index (χ1) is 15.2. The Morgan fingerprint density at radius 1 is 1.28 bits per heavy atom. The first-order valence-electron chi connectivity index (χ1n) is 10.4. The number of benzene rings is 1. The maximum absolute atomic E-state index is 13.0. The van der Waals surface area contributed by atoms with Gasteiger partial charge in [-0.1, -0.05) is 23.5 Å². The maximum atomic E-state index is 13.0. The van der Waals surface area contributed by atoms with Gasteiger partial charge in [0, 0.05) is 26.2 Å². The van der Waals surface area contributed by atoms with E-state index in [1.807, 2.05) is 0 Å². The maximum Gasteiger partial charge on any atom is 0.416 e. The highest BCUT2D eigenvalue weighted by atomic mass is 32.1. The minimum absolute atomic E-state index is 0.122. The molecule has 172 valence electrons. The van der Waals surface area contributed by atoms with Gasteiger partial charge in [-0.3, -0.25) is 9.69 Å². The van der Waals surface area contributed by atoms with Crippen LogP contribution in [0.25, 0.3) is 16.2 Å². The van der Waals surface area contributed by atoms with Crippen molar-refractivity contribution >= 4 is 27.3 Å². The van der Waals surface area contributed by atoms with Crippen LogP contribution in [0.1, 0.15) is 18.4 Å². The van der Waals surface area contributed by atoms with Crippen LogP contribution in [0.5, 0.6) is 0 Å². The van der Waals surface area contributed by atoms with E-state index >= 15 is 0 Å². The van der Waals surface area contributed by atoms with Gasteiger partial charge in [-0.15, -0.1) is 5.10 Å². The second kappa shape index (κ2) is 9.07. The summed E-state index contributed by atoms with van der Waals surface area (Å²) in [4.78, 5) is 20.7. The third-order valence-corrected chi connectivity index (χ3v) is 6.52. The number of nitrogens with zero attached hydrogens (tertiary/aromatic N) is 5. The lowest BCUT2D eigenvalue weighted by Crippen LogP contribution is -2.42. The van der Waals surface area contributed by atoms with Gasteiger partial charge in [-0.05, 0) is 44.0 Å². The Kier molecular flexibility index (Phi) is 6.38. The van der Waals surface area contributed by atoms with Crippen molar-refractivity contribution in [3.8, 4) is 11.3 Å². The second-order valence-corrected chi connectivity index (χ2v) is 9.18. The number of rotatable bonds is 6. The fourth-order valence-corrected chi connectivity index (χ4v) is 4.47. The minimum atomic E-state index is -4.39. The number of fused-ring (bicyclic) bond motifs is 1. The molecule has 1 saturated heterocycles. The average molecular weight is 467 g/mol. The molecule has 0 aliphatic carbocycles. The molecule has 32 heavy (non-hydrogen) atoms. The molecule has 1 amide bonds. The Morgan fingerprint density at radius 2 is 2.03 bits per heavy atom. The molecular weight excluding hydrogens is 441 g/mol. The predicted octanol–water partition coefficient (Wildman–Crippen LogP) is 3.69. The fraction of sp³-hybridized carbons (Fsp3) is 0.476.